The van der Waals surface area contributed by atoms with Crippen molar-refractivity contribution in [3.05, 3.63) is 15.6 Å². The van der Waals surface area contributed by atoms with Crippen molar-refractivity contribution in [2.24, 2.45) is 5.92 Å². The monoisotopic (exact) mass is 349 g/mol. The second kappa shape index (κ2) is 7.67. The summed E-state index contributed by atoms with van der Waals surface area (Å²) in [5.41, 5.74) is 0.327. The number of hydrogen-bond donors (Lipinski definition) is 1. The van der Waals surface area contributed by atoms with Crippen molar-refractivity contribution in [1.29, 1.82) is 0 Å². The van der Waals surface area contributed by atoms with Crippen LogP contribution in [0.2, 0.25) is 0 Å². The van der Waals surface area contributed by atoms with E-state index in [2.05, 4.69) is 16.2 Å². The molecule has 2 atom stereocenters. The molecule has 0 bridgehead atoms. The lowest BCUT2D eigenvalue weighted by Crippen LogP contribution is -2.45. The molecule has 0 aromatic carbocycles. The first-order valence-corrected chi connectivity index (χ1v) is 8.79. The normalized spacial score (nSPS) is 18.3. The Kier molecular flexibility index (Phi) is 5.84. The lowest BCUT2D eigenvalue weighted by Gasteiger charge is -2.26. The van der Waals surface area contributed by atoms with Gasteiger partial charge in [0.2, 0.25) is 0 Å². The second-order valence-corrected chi connectivity index (χ2v) is 7.37. The Morgan fingerprint density at radius 1 is 1.50 bits per heavy atom. The van der Waals surface area contributed by atoms with Crippen molar-refractivity contribution in [1.82, 2.24) is 15.2 Å². The third-order valence-electron chi connectivity index (χ3n) is 4.12. The number of urea groups is 1. The molecule has 0 unspecified atom stereocenters. The number of nitrogens with zero attached hydrogens (tertiary/aromatic N) is 2. The molecule has 130 valence electrons. The Morgan fingerprint density at radius 2 is 2.21 bits per heavy atom. The Labute approximate surface area is 146 Å². The summed E-state index contributed by atoms with van der Waals surface area (Å²) < 4.78 is 4.75. The molecule has 1 fully saturated rings. The van der Waals surface area contributed by atoms with Crippen LogP contribution in [0, 0.1) is 25.2 Å². The van der Waals surface area contributed by atoms with Crippen molar-refractivity contribution >= 4 is 23.3 Å². The summed E-state index contributed by atoms with van der Waals surface area (Å²) in [5, 5.41) is 3.67. The lowest BCUT2D eigenvalue weighted by molar-refractivity contribution is 0.0593. The fraction of sp³-hybridized carbons (Fsp3) is 0.588. The zero-order valence-electron chi connectivity index (χ0n) is 14.5. The zero-order chi connectivity index (χ0) is 17.9. The number of aromatic nitrogens is 1. The average Bonchev–Trinajstić information content (AvgIpc) is 3.17. The van der Waals surface area contributed by atoms with Crippen LogP contribution in [-0.4, -0.2) is 41.6 Å². The van der Waals surface area contributed by atoms with Crippen LogP contribution in [0.5, 0.6) is 0 Å². The molecule has 2 rings (SSSR count). The number of rotatable bonds is 4. The molecule has 1 aromatic rings. The number of terminal acetylenes is 1. The molecule has 2 heterocycles. The smallest absolute Gasteiger partial charge is 0.357 e. The highest BCUT2D eigenvalue weighted by Crippen LogP contribution is 2.35. The van der Waals surface area contributed by atoms with E-state index in [-0.39, 0.29) is 24.0 Å². The van der Waals surface area contributed by atoms with Crippen molar-refractivity contribution < 1.29 is 14.3 Å². The number of aryl methyl sites for hydroxylation is 1. The Hall–Kier alpha value is -2.07. The Balaban J connectivity index is 2.17. The fourth-order valence-electron chi connectivity index (χ4n) is 2.73. The largest absolute Gasteiger partial charge is 0.464 e. The minimum atomic E-state index is -0.448. The number of amides is 2. The first-order valence-electron chi connectivity index (χ1n) is 7.98. The summed E-state index contributed by atoms with van der Waals surface area (Å²) in [4.78, 5) is 31.3. The Morgan fingerprint density at radius 3 is 2.79 bits per heavy atom. The number of esters is 1. The minimum absolute atomic E-state index is 0.127. The van der Waals surface area contributed by atoms with E-state index < -0.39 is 5.97 Å². The number of carbonyl (C=O) groups excluding carboxylic acids is 2. The summed E-state index contributed by atoms with van der Waals surface area (Å²) in [6, 6.07) is -0.610. The van der Waals surface area contributed by atoms with Gasteiger partial charge < -0.3 is 15.0 Å². The van der Waals surface area contributed by atoms with Gasteiger partial charge in [-0.05, 0) is 25.7 Å². The van der Waals surface area contributed by atoms with Gasteiger partial charge in [0.25, 0.3) is 0 Å². The molecule has 0 aliphatic carbocycles. The average molecular weight is 349 g/mol. The maximum atomic E-state index is 12.6. The van der Waals surface area contributed by atoms with E-state index in [0.29, 0.717) is 12.2 Å². The van der Waals surface area contributed by atoms with Gasteiger partial charge in [-0.2, -0.15) is 0 Å². The van der Waals surface area contributed by atoms with Gasteiger partial charge in [-0.1, -0.05) is 19.8 Å². The summed E-state index contributed by atoms with van der Waals surface area (Å²) in [6.45, 7) is 6.43. The van der Waals surface area contributed by atoms with Crippen LogP contribution in [0.15, 0.2) is 0 Å². The van der Waals surface area contributed by atoms with Crippen LogP contribution in [-0.2, 0) is 4.74 Å². The van der Waals surface area contributed by atoms with Crippen molar-refractivity contribution in [3.63, 3.8) is 0 Å². The zero-order valence-corrected chi connectivity index (χ0v) is 15.3. The molecule has 6 nitrogen and oxygen atoms in total. The maximum Gasteiger partial charge on any atom is 0.357 e. The van der Waals surface area contributed by atoms with Gasteiger partial charge in [-0.3, -0.25) is 0 Å². The molecule has 1 aromatic heterocycles. The van der Waals surface area contributed by atoms with Gasteiger partial charge >= 0.3 is 12.0 Å². The third kappa shape index (κ3) is 3.70. The van der Waals surface area contributed by atoms with E-state index in [9.17, 15) is 9.59 Å². The molecule has 24 heavy (non-hydrogen) atoms. The molecule has 1 aliphatic rings. The van der Waals surface area contributed by atoms with Crippen molar-refractivity contribution in [2.45, 2.75) is 45.7 Å². The topological polar surface area (TPSA) is 71.5 Å². The van der Waals surface area contributed by atoms with E-state index in [1.54, 1.807) is 4.90 Å². The Bertz CT molecular complexity index is 663. The summed E-state index contributed by atoms with van der Waals surface area (Å²) in [7, 11) is 1.34. The van der Waals surface area contributed by atoms with E-state index in [1.165, 1.54) is 18.4 Å². The molecule has 0 saturated carbocycles. The molecular weight excluding hydrogens is 326 g/mol. The van der Waals surface area contributed by atoms with Crippen LogP contribution in [0.25, 0.3) is 0 Å². The van der Waals surface area contributed by atoms with Gasteiger partial charge in [0.1, 0.15) is 5.01 Å². The molecule has 1 saturated heterocycles. The molecule has 1 aliphatic heterocycles. The number of likely N-dealkylation sites (tertiary alicyclic amines) is 1. The van der Waals surface area contributed by atoms with Gasteiger partial charge in [-0.25, -0.2) is 14.6 Å². The molecule has 7 heteroatoms. The summed E-state index contributed by atoms with van der Waals surface area (Å²) in [6.07, 6.45) is 7.21. The predicted octanol–water partition coefficient (Wildman–Crippen LogP) is 2.74. The highest BCUT2D eigenvalue weighted by atomic mass is 32.1. The van der Waals surface area contributed by atoms with Crippen molar-refractivity contribution in [2.75, 3.05) is 13.7 Å². The summed E-state index contributed by atoms with van der Waals surface area (Å²) in [5.74, 6) is 2.33. The highest BCUT2D eigenvalue weighted by molar-refractivity contribution is 7.12. The van der Waals surface area contributed by atoms with Gasteiger partial charge in [-0.15, -0.1) is 17.8 Å². The molecule has 0 spiro atoms. The van der Waals surface area contributed by atoms with Crippen LogP contribution < -0.4 is 5.32 Å². The first-order chi connectivity index (χ1) is 11.4. The number of carbonyl (C=O) groups is 2. The summed E-state index contributed by atoms with van der Waals surface area (Å²) >= 11 is 1.43. The van der Waals surface area contributed by atoms with Crippen LogP contribution in [0.1, 0.15) is 53.1 Å². The van der Waals surface area contributed by atoms with Gasteiger partial charge in [0.15, 0.2) is 5.69 Å². The number of thiazole rings is 1. The number of ether oxygens (including phenoxy) is 1. The van der Waals surface area contributed by atoms with Gasteiger partial charge in [0.05, 0.1) is 19.2 Å². The first kappa shape index (κ1) is 18.3. The molecule has 0 radical (unpaired) electrons. The maximum absolute atomic E-state index is 12.6. The van der Waals surface area contributed by atoms with E-state index in [0.717, 1.165) is 22.7 Å². The van der Waals surface area contributed by atoms with Gasteiger partial charge in [0, 0.05) is 11.4 Å². The van der Waals surface area contributed by atoms with E-state index in [4.69, 9.17) is 11.2 Å². The minimum Gasteiger partial charge on any atom is -0.464 e. The lowest BCUT2D eigenvalue weighted by atomic mass is 10.1. The van der Waals surface area contributed by atoms with Crippen LogP contribution in [0.4, 0.5) is 4.79 Å². The van der Waals surface area contributed by atoms with E-state index >= 15 is 0 Å². The molecule has 2 amide bonds. The van der Waals surface area contributed by atoms with Crippen LogP contribution in [0.3, 0.4) is 0 Å². The highest BCUT2D eigenvalue weighted by Gasteiger charge is 2.34. The second-order valence-electron chi connectivity index (χ2n) is 6.14. The SMILES string of the molecule is C#C[C@H](NC(=O)N1CCC[C@H]1c1nc(C(=O)OC)c(C)s1)C(C)C. The van der Waals surface area contributed by atoms with E-state index in [1.807, 2.05) is 20.8 Å². The quantitative estimate of drug-likeness (QED) is 0.670. The predicted molar refractivity (Wildman–Crippen MR) is 92.9 cm³/mol. The van der Waals surface area contributed by atoms with Crippen LogP contribution >= 0.6 is 11.3 Å². The molecule has 1 N–H and O–H groups in total. The molecular formula is C17H23N3O3S. The van der Waals surface area contributed by atoms with Crippen molar-refractivity contribution in [3.8, 4) is 12.3 Å². The number of hydrogen-bond acceptors (Lipinski definition) is 5. The third-order valence-corrected chi connectivity index (χ3v) is 5.19. The number of methoxy groups -OCH3 is 1. The fourth-order valence-corrected chi connectivity index (χ4v) is 3.79. The standard InChI is InChI=1S/C17H23N3O3S/c1-6-12(10(2)3)18-17(22)20-9-7-8-13(20)15-19-14(11(4)24-15)16(21)23-5/h1,10,12-13H,7-9H2,2-5H3,(H,18,22)/t12-,13-/m0/s1. The number of nitrogens with one attached hydrogen (secondary N) is 1.